The summed E-state index contributed by atoms with van der Waals surface area (Å²) in [6.07, 6.45) is 8.70. The van der Waals surface area contributed by atoms with Gasteiger partial charge in [-0.05, 0) is 49.9 Å². The molecule has 1 unspecified atom stereocenters. The van der Waals surface area contributed by atoms with E-state index in [2.05, 4.69) is 64.0 Å². The zero-order chi connectivity index (χ0) is 16.3. The van der Waals surface area contributed by atoms with E-state index in [4.69, 9.17) is 0 Å². The highest BCUT2D eigenvalue weighted by molar-refractivity contribution is 5.88. The first-order valence-electron chi connectivity index (χ1n) is 8.97. The predicted molar refractivity (Wildman–Crippen MR) is 96.2 cm³/mol. The van der Waals surface area contributed by atoms with Crippen molar-refractivity contribution in [1.29, 1.82) is 0 Å². The maximum atomic E-state index is 4.38. The zero-order valence-corrected chi connectivity index (χ0v) is 14.4. The third-order valence-corrected chi connectivity index (χ3v) is 6.19. The lowest BCUT2D eigenvalue weighted by atomic mass is 9.72. The van der Waals surface area contributed by atoms with Crippen molar-refractivity contribution in [2.45, 2.75) is 38.3 Å². The van der Waals surface area contributed by atoms with Gasteiger partial charge in [-0.25, -0.2) is 4.98 Å². The van der Waals surface area contributed by atoms with Crippen molar-refractivity contribution in [1.82, 2.24) is 19.4 Å². The summed E-state index contributed by atoms with van der Waals surface area (Å²) in [4.78, 5) is 10.4. The van der Waals surface area contributed by atoms with E-state index < -0.39 is 0 Å². The number of hydrogen-bond acceptors (Lipinski definition) is 2. The number of imidazole rings is 1. The van der Waals surface area contributed by atoms with Crippen LogP contribution in [0.2, 0.25) is 0 Å². The second-order valence-corrected chi connectivity index (χ2v) is 7.63. The molecule has 5 rings (SSSR count). The normalized spacial score (nSPS) is 26.7. The van der Waals surface area contributed by atoms with Gasteiger partial charge in [0.05, 0.1) is 0 Å². The number of piperidine rings is 1. The molecule has 3 heterocycles. The molecule has 3 atom stereocenters. The Balaban J connectivity index is 1.50. The number of likely N-dealkylation sites (tertiary alicyclic amines) is 1. The summed E-state index contributed by atoms with van der Waals surface area (Å²) in [5.41, 5.74) is 4.35. The van der Waals surface area contributed by atoms with Crippen LogP contribution in [0.15, 0.2) is 36.8 Å². The highest BCUT2D eigenvalue weighted by Gasteiger charge is 2.39. The number of aromatic amines is 1. The van der Waals surface area contributed by atoms with E-state index in [0.29, 0.717) is 17.9 Å². The molecule has 3 aromatic rings. The SMILES string of the molecule is Cc1nccn1C[C@@H]1CC2c3cccc4[nH]cc(c34)C[C@H]2N(C)C1. The summed E-state index contributed by atoms with van der Waals surface area (Å²) in [6.45, 7) is 4.35. The van der Waals surface area contributed by atoms with Crippen molar-refractivity contribution in [3.05, 3.63) is 53.7 Å². The lowest BCUT2D eigenvalue weighted by Gasteiger charge is -2.45. The number of aryl methyl sites for hydroxylation is 1. The van der Waals surface area contributed by atoms with Crippen molar-refractivity contribution in [3.8, 4) is 0 Å². The Hall–Kier alpha value is -2.07. The van der Waals surface area contributed by atoms with Crippen molar-refractivity contribution >= 4 is 10.9 Å². The summed E-state index contributed by atoms with van der Waals surface area (Å²) in [5, 5.41) is 1.49. The predicted octanol–water partition coefficient (Wildman–Crippen LogP) is 3.33. The van der Waals surface area contributed by atoms with Gasteiger partial charge < -0.3 is 14.5 Å². The molecule has 0 bridgehead atoms. The molecule has 4 heteroatoms. The molecular weight excluding hydrogens is 296 g/mol. The molecular formula is C20H24N4. The van der Waals surface area contributed by atoms with Crippen LogP contribution >= 0.6 is 0 Å². The van der Waals surface area contributed by atoms with Crippen molar-refractivity contribution in [2.24, 2.45) is 5.92 Å². The summed E-state index contributed by atoms with van der Waals surface area (Å²) in [5.74, 6) is 2.45. The third-order valence-electron chi connectivity index (χ3n) is 6.19. The first-order chi connectivity index (χ1) is 11.7. The highest BCUT2D eigenvalue weighted by Crippen LogP contribution is 2.44. The summed E-state index contributed by atoms with van der Waals surface area (Å²) in [7, 11) is 2.31. The average Bonchev–Trinajstić information content (AvgIpc) is 3.17. The van der Waals surface area contributed by atoms with Crippen LogP contribution in [0.3, 0.4) is 0 Å². The molecule has 2 aromatic heterocycles. The number of aromatic nitrogens is 3. The number of nitrogens with zero attached hydrogens (tertiary/aromatic N) is 3. The molecule has 1 N–H and O–H groups in total. The number of rotatable bonds is 2. The Labute approximate surface area is 142 Å². The Kier molecular flexibility index (Phi) is 3.10. The molecule has 1 aliphatic carbocycles. The van der Waals surface area contributed by atoms with E-state index in [0.717, 1.165) is 12.4 Å². The molecule has 1 fully saturated rings. The van der Waals surface area contributed by atoms with Crippen LogP contribution in [0, 0.1) is 12.8 Å². The van der Waals surface area contributed by atoms with E-state index in [1.165, 1.54) is 35.9 Å². The molecule has 0 spiro atoms. The van der Waals surface area contributed by atoms with Crippen LogP contribution in [0.5, 0.6) is 0 Å². The molecule has 24 heavy (non-hydrogen) atoms. The Morgan fingerprint density at radius 2 is 2.25 bits per heavy atom. The van der Waals surface area contributed by atoms with Gasteiger partial charge in [0.15, 0.2) is 0 Å². The van der Waals surface area contributed by atoms with Crippen LogP contribution in [0.4, 0.5) is 0 Å². The number of nitrogens with one attached hydrogen (secondary N) is 1. The van der Waals surface area contributed by atoms with Crippen molar-refractivity contribution in [2.75, 3.05) is 13.6 Å². The monoisotopic (exact) mass is 320 g/mol. The van der Waals surface area contributed by atoms with Gasteiger partial charge in [0.1, 0.15) is 5.82 Å². The Morgan fingerprint density at radius 3 is 3.08 bits per heavy atom. The lowest BCUT2D eigenvalue weighted by molar-refractivity contribution is 0.103. The standard InChI is InChI=1S/C20H24N4/c1-13-21-6-7-24(13)12-14-8-17-16-4-3-5-18-20(16)15(10-22-18)9-19(17)23(2)11-14/h3-7,10,14,17,19,22H,8-9,11-12H2,1-2H3/t14-,17?,19-/m1/s1. The molecule has 2 aliphatic rings. The highest BCUT2D eigenvalue weighted by atomic mass is 15.2. The third kappa shape index (κ3) is 2.06. The number of hydrogen-bond donors (Lipinski definition) is 1. The first kappa shape index (κ1) is 14.3. The van der Waals surface area contributed by atoms with Gasteiger partial charge in [-0.3, -0.25) is 0 Å². The molecule has 0 radical (unpaired) electrons. The van der Waals surface area contributed by atoms with Crippen LogP contribution in [0.25, 0.3) is 10.9 Å². The summed E-state index contributed by atoms with van der Waals surface area (Å²) in [6, 6.07) is 7.42. The van der Waals surface area contributed by atoms with Gasteiger partial charge in [-0.2, -0.15) is 0 Å². The van der Waals surface area contributed by atoms with E-state index in [9.17, 15) is 0 Å². The topological polar surface area (TPSA) is 36.9 Å². The molecule has 0 saturated carbocycles. The molecule has 4 nitrogen and oxygen atoms in total. The number of fused-ring (bicyclic) bond motifs is 2. The lowest BCUT2D eigenvalue weighted by Crippen LogP contribution is -2.48. The average molecular weight is 320 g/mol. The summed E-state index contributed by atoms with van der Waals surface area (Å²) < 4.78 is 2.31. The van der Waals surface area contributed by atoms with Crippen LogP contribution in [0.1, 0.15) is 29.3 Å². The van der Waals surface area contributed by atoms with E-state index >= 15 is 0 Å². The molecule has 1 aliphatic heterocycles. The van der Waals surface area contributed by atoms with E-state index in [1.54, 1.807) is 5.56 Å². The van der Waals surface area contributed by atoms with Crippen molar-refractivity contribution < 1.29 is 0 Å². The summed E-state index contributed by atoms with van der Waals surface area (Å²) >= 11 is 0. The Bertz CT molecular complexity index is 890. The second-order valence-electron chi connectivity index (χ2n) is 7.63. The number of likely N-dealkylation sites (N-methyl/N-ethyl adjacent to an activating group) is 1. The maximum Gasteiger partial charge on any atom is 0.105 e. The maximum absolute atomic E-state index is 4.38. The van der Waals surface area contributed by atoms with Crippen LogP contribution in [-0.2, 0) is 13.0 Å². The largest absolute Gasteiger partial charge is 0.361 e. The second kappa shape index (κ2) is 5.21. The first-order valence-corrected chi connectivity index (χ1v) is 8.97. The minimum absolute atomic E-state index is 0.638. The van der Waals surface area contributed by atoms with E-state index in [1.807, 2.05) is 6.20 Å². The quantitative estimate of drug-likeness (QED) is 0.786. The van der Waals surface area contributed by atoms with E-state index in [-0.39, 0.29) is 0 Å². The minimum atomic E-state index is 0.638. The van der Waals surface area contributed by atoms with Gasteiger partial charge in [0.2, 0.25) is 0 Å². The zero-order valence-electron chi connectivity index (χ0n) is 14.4. The van der Waals surface area contributed by atoms with Crippen LogP contribution < -0.4 is 0 Å². The minimum Gasteiger partial charge on any atom is -0.361 e. The Morgan fingerprint density at radius 1 is 1.33 bits per heavy atom. The van der Waals surface area contributed by atoms with Gasteiger partial charge >= 0.3 is 0 Å². The smallest absolute Gasteiger partial charge is 0.105 e. The van der Waals surface area contributed by atoms with Gasteiger partial charge in [-0.15, -0.1) is 0 Å². The van der Waals surface area contributed by atoms with Gasteiger partial charge in [-0.1, -0.05) is 12.1 Å². The number of H-pyrrole nitrogens is 1. The number of benzene rings is 1. The van der Waals surface area contributed by atoms with Gasteiger partial charge in [0, 0.05) is 54.5 Å². The van der Waals surface area contributed by atoms with Crippen molar-refractivity contribution in [3.63, 3.8) is 0 Å². The fourth-order valence-electron chi connectivity index (χ4n) is 5.06. The molecule has 0 amide bonds. The molecule has 1 saturated heterocycles. The van der Waals surface area contributed by atoms with Gasteiger partial charge in [0.25, 0.3) is 0 Å². The molecule has 124 valence electrons. The molecule has 1 aromatic carbocycles. The fourth-order valence-corrected chi connectivity index (χ4v) is 5.06. The fraction of sp³-hybridized carbons (Fsp3) is 0.450. The van der Waals surface area contributed by atoms with Crippen LogP contribution in [-0.4, -0.2) is 39.1 Å².